The van der Waals surface area contributed by atoms with Crippen molar-refractivity contribution in [3.8, 4) is 0 Å². The number of carbonyl (C=O) groups is 1. The van der Waals surface area contributed by atoms with Gasteiger partial charge in [-0.3, -0.25) is 14.9 Å². The summed E-state index contributed by atoms with van der Waals surface area (Å²) >= 11 is 0. The SMILES string of the molecule is N[N+]1(CC(=O)N/N=C/c2ccc([N+](=O)[O-])o2)CCCCC1.[Br-]. The molecule has 0 spiro atoms. The van der Waals surface area contributed by atoms with Crippen molar-refractivity contribution >= 4 is 18.0 Å². The number of rotatable bonds is 5. The van der Waals surface area contributed by atoms with Gasteiger partial charge in [0.15, 0.2) is 12.3 Å². The quantitative estimate of drug-likeness (QED) is 0.194. The molecule has 1 aromatic heterocycles. The summed E-state index contributed by atoms with van der Waals surface area (Å²) in [6, 6.07) is 2.62. The van der Waals surface area contributed by atoms with E-state index in [0.717, 1.165) is 32.4 Å². The second-order valence-electron chi connectivity index (χ2n) is 5.11. The lowest BCUT2D eigenvalue weighted by atomic mass is 10.1. The van der Waals surface area contributed by atoms with Gasteiger partial charge in [-0.1, -0.05) is 0 Å². The normalized spacial score (nSPS) is 17.0. The maximum atomic E-state index is 11.8. The number of quaternary nitrogens is 1. The lowest BCUT2D eigenvalue weighted by Gasteiger charge is -2.34. The first kappa shape index (κ1) is 18.3. The Morgan fingerprint density at radius 1 is 1.45 bits per heavy atom. The minimum atomic E-state index is -0.644. The smallest absolute Gasteiger partial charge is 0.433 e. The average molecular weight is 376 g/mol. The van der Waals surface area contributed by atoms with E-state index in [-0.39, 0.29) is 45.7 Å². The number of nitrogens with two attached hydrogens (primary N) is 1. The summed E-state index contributed by atoms with van der Waals surface area (Å²) in [7, 11) is 0. The molecule has 2 heterocycles. The van der Waals surface area contributed by atoms with Crippen LogP contribution >= 0.6 is 0 Å². The lowest BCUT2D eigenvalue weighted by molar-refractivity contribution is -0.936. The second kappa shape index (κ2) is 8.01. The molecule has 0 bridgehead atoms. The van der Waals surface area contributed by atoms with Crippen molar-refractivity contribution in [1.82, 2.24) is 5.43 Å². The van der Waals surface area contributed by atoms with Gasteiger partial charge in [0.05, 0.1) is 25.4 Å². The Bertz CT molecular complexity index is 553. The molecule has 0 aromatic carbocycles. The predicted molar refractivity (Wildman–Crippen MR) is 74.0 cm³/mol. The molecule has 0 aliphatic carbocycles. The van der Waals surface area contributed by atoms with Crippen molar-refractivity contribution in [3.05, 3.63) is 28.0 Å². The molecule has 9 nitrogen and oxygen atoms in total. The molecule has 10 heteroatoms. The number of hydrogen-bond donors (Lipinski definition) is 2. The molecule has 1 amide bonds. The molecule has 0 unspecified atom stereocenters. The molecular formula is C12H18BrN5O4. The number of amides is 1. The molecule has 1 saturated heterocycles. The molecule has 0 saturated carbocycles. The summed E-state index contributed by atoms with van der Waals surface area (Å²) in [5.41, 5.74) is 2.35. The number of hydrogen-bond acceptors (Lipinski definition) is 6. The molecule has 1 aromatic rings. The molecule has 1 aliphatic heterocycles. The molecule has 122 valence electrons. The van der Waals surface area contributed by atoms with E-state index >= 15 is 0 Å². The van der Waals surface area contributed by atoms with E-state index in [0.29, 0.717) is 0 Å². The van der Waals surface area contributed by atoms with E-state index in [1.165, 1.54) is 18.3 Å². The second-order valence-corrected chi connectivity index (χ2v) is 5.11. The number of carbonyl (C=O) groups excluding carboxylic acids is 1. The summed E-state index contributed by atoms with van der Waals surface area (Å²) in [5.74, 6) is 5.63. The monoisotopic (exact) mass is 375 g/mol. The van der Waals surface area contributed by atoms with Crippen LogP contribution in [0.5, 0.6) is 0 Å². The van der Waals surface area contributed by atoms with Crippen molar-refractivity contribution in [2.75, 3.05) is 19.6 Å². The number of hydrazone groups is 1. The molecule has 1 fully saturated rings. The van der Waals surface area contributed by atoms with E-state index in [1.54, 1.807) is 0 Å². The first-order chi connectivity index (χ1) is 9.98. The number of nitrogens with one attached hydrogen (secondary N) is 1. The number of piperidine rings is 1. The third-order valence-electron chi connectivity index (χ3n) is 3.34. The van der Waals surface area contributed by atoms with Crippen LogP contribution in [-0.4, -0.2) is 41.3 Å². The summed E-state index contributed by atoms with van der Waals surface area (Å²) in [4.78, 5) is 21.6. The van der Waals surface area contributed by atoms with Crippen LogP contribution in [0.25, 0.3) is 0 Å². The number of halogens is 1. The van der Waals surface area contributed by atoms with Crippen molar-refractivity contribution in [3.63, 3.8) is 0 Å². The van der Waals surface area contributed by atoms with E-state index in [4.69, 9.17) is 10.3 Å². The maximum absolute atomic E-state index is 11.8. The molecule has 3 N–H and O–H groups in total. The fraction of sp³-hybridized carbons (Fsp3) is 0.500. The van der Waals surface area contributed by atoms with Gasteiger partial charge in [-0.05, 0) is 25.3 Å². The first-order valence-electron chi connectivity index (χ1n) is 6.69. The number of furan rings is 1. The van der Waals surface area contributed by atoms with E-state index in [9.17, 15) is 14.9 Å². The predicted octanol–water partition coefficient (Wildman–Crippen LogP) is -2.48. The van der Waals surface area contributed by atoms with Crippen LogP contribution in [0.1, 0.15) is 25.0 Å². The van der Waals surface area contributed by atoms with Crippen LogP contribution in [0.4, 0.5) is 5.88 Å². The number of nitrogens with zero attached hydrogens (tertiary/aromatic N) is 3. The zero-order valence-corrected chi connectivity index (χ0v) is 13.5. The largest absolute Gasteiger partial charge is 1.00 e. The van der Waals surface area contributed by atoms with Gasteiger partial charge in [-0.25, -0.2) is 10.0 Å². The van der Waals surface area contributed by atoms with Crippen molar-refractivity contribution in [1.29, 1.82) is 0 Å². The van der Waals surface area contributed by atoms with Crippen LogP contribution in [0.15, 0.2) is 21.7 Å². The fourth-order valence-electron chi connectivity index (χ4n) is 2.30. The number of likely N-dealkylation sites (tertiary alicyclic amines) is 1. The third-order valence-corrected chi connectivity index (χ3v) is 3.34. The van der Waals surface area contributed by atoms with Crippen LogP contribution in [0.3, 0.4) is 0 Å². The van der Waals surface area contributed by atoms with Gasteiger partial charge < -0.3 is 21.4 Å². The Kier molecular flexibility index (Phi) is 6.65. The topological polar surface area (TPSA) is 124 Å². The summed E-state index contributed by atoms with van der Waals surface area (Å²) in [6.07, 6.45) is 4.39. The third kappa shape index (κ3) is 5.20. The summed E-state index contributed by atoms with van der Waals surface area (Å²) in [5, 5.41) is 14.1. The molecule has 2 rings (SSSR count). The van der Waals surface area contributed by atoms with Crippen molar-refractivity contribution < 1.29 is 35.7 Å². The lowest BCUT2D eigenvalue weighted by Crippen LogP contribution is -3.00. The van der Waals surface area contributed by atoms with Crippen molar-refractivity contribution in [2.45, 2.75) is 19.3 Å². The summed E-state index contributed by atoms with van der Waals surface area (Å²) in [6.45, 7) is 1.72. The van der Waals surface area contributed by atoms with Crippen LogP contribution in [-0.2, 0) is 4.79 Å². The van der Waals surface area contributed by atoms with Gasteiger partial charge in [0.25, 0.3) is 5.91 Å². The fourth-order valence-corrected chi connectivity index (χ4v) is 2.30. The van der Waals surface area contributed by atoms with Gasteiger partial charge in [0.2, 0.25) is 0 Å². The van der Waals surface area contributed by atoms with Crippen LogP contribution in [0.2, 0.25) is 0 Å². The molecule has 22 heavy (non-hydrogen) atoms. The van der Waals surface area contributed by atoms with Gasteiger partial charge in [-0.2, -0.15) is 10.9 Å². The average Bonchev–Trinajstić information content (AvgIpc) is 2.88. The van der Waals surface area contributed by atoms with Gasteiger partial charge in [0.1, 0.15) is 4.92 Å². The zero-order chi connectivity index (χ0) is 15.3. The highest BCUT2D eigenvalue weighted by Crippen LogP contribution is 2.14. The Morgan fingerprint density at radius 3 is 2.73 bits per heavy atom. The van der Waals surface area contributed by atoms with Gasteiger partial charge in [0, 0.05) is 0 Å². The van der Waals surface area contributed by atoms with E-state index in [2.05, 4.69) is 10.5 Å². The van der Waals surface area contributed by atoms with E-state index < -0.39 is 4.92 Å². The molecular weight excluding hydrogens is 358 g/mol. The van der Waals surface area contributed by atoms with Gasteiger partial charge >= 0.3 is 5.88 Å². The molecule has 0 radical (unpaired) electrons. The van der Waals surface area contributed by atoms with E-state index in [1.807, 2.05) is 0 Å². The Balaban J connectivity index is 0.00000242. The minimum absolute atomic E-state index is 0. The highest BCUT2D eigenvalue weighted by atomic mass is 79.9. The number of nitro groups is 1. The van der Waals surface area contributed by atoms with Crippen LogP contribution in [0, 0.1) is 10.1 Å². The standard InChI is InChI=1S/C12H17N5O4.BrH/c13-17(6-2-1-3-7-17)9-11(18)15-14-8-10-4-5-12(21-10)16(19)20;/h4-5,8H,1-3,6-7,9,13H2;1H/b14-8+;. The minimum Gasteiger partial charge on any atom is -1.00 e. The highest BCUT2D eigenvalue weighted by Gasteiger charge is 2.28. The summed E-state index contributed by atoms with van der Waals surface area (Å²) < 4.78 is 5.10. The Labute approximate surface area is 137 Å². The Morgan fingerprint density at radius 2 is 2.14 bits per heavy atom. The van der Waals surface area contributed by atoms with Crippen molar-refractivity contribution in [2.24, 2.45) is 10.9 Å². The molecule has 1 aliphatic rings. The molecule has 0 atom stereocenters. The zero-order valence-electron chi connectivity index (χ0n) is 11.9. The highest BCUT2D eigenvalue weighted by molar-refractivity contribution is 5.81. The van der Waals surface area contributed by atoms with Crippen LogP contribution < -0.4 is 28.2 Å². The Hall–Kier alpha value is -1.78. The maximum Gasteiger partial charge on any atom is 0.433 e. The first-order valence-corrected chi connectivity index (χ1v) is 6.69. The van der Waals surface area contributed by atoms with Gasteiger partial charge in [-0.15, -0.1) is 0 Å².